The Hall–Kier alpha value is -4.19. The summed E-state index contributed by atoms with van der Waals surface area (Å²) in [5.41, 5.74) is 0. The van der Waals surface area contributed by atoms with Gasteiger partial charge in [-0.3, -0.25) is 14.4 Å². The van der Waals surface area contributed by atoms with E-state index in [1.165, 1.54) is 83.5 Å². The maximum Gasteiger partial charge on any atom is 0.306 e. The van der Waals surface area contributed by atoms with Crippen molar-refractivity contribution in [2.24, 2.45) is 0 Å². The predicted molar refractivity (Wildman–Crippen MR) is 269 cm³/mol. The molecule has 6 heteroatoms. The molecule has 0 spiro atoms. The molecule has 0 aromatic rings. The third-order valence-electron chi connectivity index (χ3n) is 10.1. The standard InChI is InChI=1S/C57H90O6/c1-4-7-10-13-16-19-22-25-27-28-30-32-35-38-41-44-47-50-56(59)62-53-54(52-61-55(58)49-46-43-40-37-34-31-24-21-18-15-12-9-6-3)63-57(60)51-48-45-42-39-36-33-29-26-23-20-17-14-11-8-5-2/h8,11,14,17,20,23,25-27,29-34,36,38,40-41,43,54H,4-7,9-10,12-13,15-16,18-19,21-22,24,28,35,37,39,42,44-53H2,1-3H3/b11-8+,17-14+,23-20+,27-25+,29-26+,32-30+,34-31+,36-33+,41-38+,43-40+. The Labute approximate surface area is 386 Å². The van der Waals surface area contributed by atoms with Gasteiger partial charge < -0.3 is 14.2 Å². The Kier molecular flexibility index (Phi) is 47.1. The highest BCUT2D eigenvalue weighted by Gasteiger charge is 2.19. The SMILES string of the molecule is CC/C=C/C=C/C=C/C=C/C=C/CCCCCC(=O)OC(COC(=O)CC/C=C/C/C=C/CCCCCCCC)COC(=O)CCC/C=C/C/C=C/C/C=C/CCCCCCCC. The van der Waals surface area contributed by atoms with Crippen LogP contribution in [0.4, 0.5) is 0 Å². The van der Waals surface area contributed by atoms with Crippen LogP contribution in [0.1, 0.15) is 201 Å². The summed E-state index contributed by atoms with van der Waals surface area (Å²) in [7, 11) is 0. The maximum atomic E-state index is 12.8. The summed E-state index contributed by atoms with van der Waals surface area (Å²) in [6.07, 6.45) is 69.1. The second-order valence-corrected chi connectivity index (χ2v) is 16.1. The molecule has 0 aromatic heterocycles. The molecule has 6 nitrogen and oxygen atoms in total. The van der Waals surface area contributed by atoms with Crippen LogP contribution in [0.25, 0.3) is 0 Å². The van der Waals surface area contributed by atoms with E-state index in [1.54, 1.807) is 0 Å². The molecular weight excluding hydrogens is 781 g/mol. The molecular formula is C57H90O6. The lowest BCUT2D eigenvalue weighted by molar-refractivity contribution is -0.166. The van der Waals surface area contributed by atoms with Crippen molar-refractivity contribution in [3.8, 4) is 0 Å². The molecule has 0 N–H and O–H groups in total. The van der Waals surface area contributed by atoms with Crippen molar-refractivity contribution < 1.29 is 28.6 Å². The van der Waals surface area contributed by atoms with Gasteiger partial charge in [-0.1, -0.05) is 213 Å². The minimum Gasteiger partial charge on any atom is -0.462 e. The lowest BCUT2D eigenvalue weighted by atomic mass is 10.1. The van der Waals surface area contributed by atoms with Gasteiger partial charge in [-0.05, 0) is 89.9 Å². The summed E-state index contributed by atoms with van der Waals surface area (Å²) in [6, 6.07) is 0. The predicted octanol–water partition coefficient (Wildman–Crippen LogP) is 16.5. The van der Waals surface area contributed by atoms with E-state index < -0.39 is 6.10 Å². The van der Waals surface area contributed by atoms with Crippen molar-refractivity contribution in [1.82, 2.24) is 0 Å². The number of allylic oxidation sites excluding steroid dienone is 20. The van der Waals surface area contributed by atoms with Crippen LogP contribution in [-0.2, 0) is 28.6 Å². The van der Waals surface area contributed by atoms with Crippen LogP contribution >= 0.6 is 0 Å². The normalized spacial score (nSPS) is 13.1. The summed E-state index contributed by atoms with van der Waals surface area (Å²) in [5, 5.41) is 0. The molecule has 63 heavy (non-hydrogen) atoms. The Morgan fingerprint density at radius 3 is 1.25 bits per heavy atom. The molecule has 0 saturated carbocycles. The maximum absolute atomic E-state index is 12.8. The molecule has 0 aliphatic carbocycles. The minimum atomic E-state index is -0.845. The summed E-state index contributed by atoms with van der Waals surface area (Å²) in [4.78, 5) is 37.9. The first-order valence-corrected chi connectivity index (χ1v) is 25.1. The fourth-order valence-corrected chi connectivity index (χ4v) is 6.29. The van der Waals surface area contributed by atoms with Crippen molar-refractivity contribution >= 4 is 17.9 Å². The number of rotatable bonds is 43. The molecule has 0 radical (unpaired) electrons. The Balaban J connectivity index is 4.63. The third kappa shape index (κ3) is 48.7. The van der Waals surface area contributed by atoms with Gasteiger partial charge in [0.2, 0.25) is 0 Å². The topological polar surface area (TPSA) is 78.9 Å². The average Bonchev–Trinajstić information content (AvgIpc) is 3.28. The summed E-state index contributed by atoms with van der Waals surface area (Å²) >= 11 is 0. The first kappa shape index (κ1) is 58.8. The second-order valence-electron chi connectivity index (χ2n) is 16.1. The molecule has 1 atom stereocenters. The molecule has 0 aromatic carbocycles. The Morgan fingerprint density at radius 2 is 0.730 bits per heavy atom. The van der Waals surface area contributed by atoms with Crippen molar-refractivity contribution in [2.45, 2.75) is 207 Å². The molecule has 0 fully saturated rings. The number of carbonyl (C=O) groups excluding carboxylic acids is 3. The van der Waals surface area contributed by atoms with E-state index in [1.807, 2.05) is 54.7 Å². The molecule has 0 rings (SSSR count). The number of hydrogen-bond donors (Lipinski definition) is 0. The average molecular weight is 871 g/mol. The molecule has 0 aliphatic rings. The first-order valence-electron chi connectivity index (χ1n) is 25.1. The van der Waals surface area contributed by atoms with Crippen molar-refractivity contribution in [1.29, 1.82) is 0 Å². The summed E-state index contributed by atoms with van der Waals surface area (Å²) in [6.45, 7) is 6.32. The first-order chi connectivity index (χ1) is 31.0. The van der Waals surface area contributed by atoms with E-state index in [0.717, 1.165) is 57.8 Å². The van der Waals surface area contributed by atoms with E-state index in [-0.39, 0.29) is 50.4 Å². The molecule has 1 unspecified atom stereocenters. The van der Waals surface area contributed by atoms with Crippen molar-refractivity contribution in [3.05, 3.63) is 122 Å². The van der Waals surface area contributed by atoms with Crippen LogP contribution in [0, 0.1) is 0 Å². The zero-order valence-electron chi connectivity index (χ0n) is 40.3. The fourth-order valence-electron chi connectivity index (χ4n) is 6.29. The van der Waals surface area contributed by atoms with Crippen LogP contribution in [0.3, 0.4) is 0 Å². The lowest BCUT2D eigenvalue weighted by Crippen LogP contribution is -2.30. The van der Waals surface area contributed by atoms with Crippen molar-refractivity contribution in [2.75, 3.05) is 13.2 Å². The van der Waals surface area contributed by atoms with E-state index in [0.29, 0.717) is 19.3 Å². The number of ether oxygens (including phenoxy) is 3. The number of unbranched alkanes of at least 4 members (excludes halogenated alkanes) is 16. The largest absolute Gasteiger partial charge is 0.462 e. The van der Waals surface area contributed by atoms with Gasteiger partial charge in [-0.25, -0.2) is 0 Å². The zero-order valence-corrected chi connectivity index (χ0v) is 40.3. The number of carbonyl (C=O) groups is 3. The molecule has 0 amide bonds. The van der Waals surface area contributed by atoms with Crippen molar-refractivity contribution in [3.63, 3.8) is 0 Å². The highest BCUT2D eigenvalue weighted by atomic mass is 16.6. The van der Waals surface area contributed by atoms with E-state index in [4.69, 9.17) is 14.2 Å². The number of hydrogen-bond acceptors (Lipinski definition) is 6. The smallest absolute Gasteiger partial charge is 0.306 e. The summed E-state index contributed by atoms with van der Waals surface area (Å²) in [5.74, 6) is -1.11. The minimum absolute atomic E-state index is 0.142. The van der Waals surface area contributed by atoms with E-state index in [9.17, 15) is 14.4 Å². The van der Waals surface area contributed by atoms with Gasteiger partial charge >= 0.3 is 17.9 Å². The van der Waals surface area contributed by atoms with Gasteiger partial charge in [0.05, 0.1) is 0 Å². The van der Waals surface area contributed by atoms with Crippen LogP contribution in [-0.4, -0.2) is 37.2 Å². The van der Waals surface area contributed by atoms with Gasteiger partial charge in [-0.2, -0.15) is 0 Å². The van der Waals surface area contributed by atoms with Gasteiger partial charge in [0, 0.05) is 19.3 Å². The molecule has 0 saturated heterocycles. The second kappa shape index (κ2) is 50.5. The van der Waals surface area contributed by atoms with Gasteiger partial charge in [0.25, 0.3) is 0 Å². The highest BCUT2D eigenvalue weighted by Crippen LogP contribution is 2.11. The summed E-state index contributed by atoms with van der Waals surface area (Å²) < 4.78 is 16.6. The van der Waals surface area contributed by atoms with E-state index in [2.05, 4.69) is 87.6 Å². The highest BCUT2D eigenvalue weighted by molar-refractivity contribution is 5.71. The molecule has 0 heterocycles. The molecule has 0 bridgehead atoms. The van der Waals surface area contributed by atoms with Gasteiger partial charge in [0.15, 0.2) is 6.10 Å². The van der Waals surface area contributed by atoms with Crippen LogP contribution in [0.5, 0.6) is 0 Å². The molecule has 354 valence electrons. The third-order valence-corrected chi connectivity index (χ3v) is 10.1. The molecule has 0 aliphatic heterocycles. The quantitative estimate of drug-likeness (QED) is 0.0200. The van der Waals surface area contributed by atoms with Gasteiger partial charge in [-0.15, -0.1) is 0 Å². The Morgan fingerprint density at radius 1 is 0.349 bits per heavy atom. The van der Waals surface area contributed by atoms with E-state index >= 15 is 0 Å². The van der Waals surface area contributed by atoms with Gasteiger partial charge in [0.1, 0.15) is 13.2 Å². The monoisotopic (exact) mass is 871 g/mol. The Bertz CT molecular complexity index is 1370. The van der Waals surface area contributed by atoms with Crippen LogP contribution < -0.4 is 0 Å². The fraction of sp³-hybridized carbons (Fsp3) is 0.596. The van der Waals surface area contributed by atoms with Crippen LogP contribution in [0.2, 0.25) is 0 Å². The lowest BCUT2D eigenvalue weighted by Gasteiger charge is -2.18. The number of esters is 3. The van der Waals surface area contributed by atoms with Crippen LogP contribution in [0.15, 0.2) is 122 Å². The zero-order chi connectivity index (χ0) is 45.8.